The van der Waals surface area contributed by atoms with Crippen molar-refractivity contribution < 1.29 is 17.9 Å². The first-order chi connectivity index (χ1) is 8.97. The zero-order valence-electron chi connectivity index (χ0n) is 10.3. The maximum absolute atomic E-state index is 11.9. The average Bonchev–Trinajstić information content (AvgIpc) is 2.69. The maximum atomic E-state index is 11.9. The smallest absolute Gasteiger partial charge is 0.250 e. The topological polar surface area (TPSA) is 64.6 Å². The minimum atomic E-state index is -3.49. The summed E-state index contributed by atoms with van der Waals surface area (Å²) in [6.07, 6.45) is 0.600. The standard InChI is InChI=1S/C10H15BrClNO4S2/c1-16-5-6-17-4-2-3-13-19(14,15)9-7-8(12)10(11)18-9/h7,13H,2-6H2,1H3. The highest BCUT2D eigenvalue weighted by molar-refractivity contribution is 9.11. The number of hydrogen-bond acceptors (Lipinski definition) is 5. The molecule has 1 N–H and O–H groups in total. The van der Waals surface area contributed by atoms with E-state index in [-0.39, 0.29) is 4.21 Å². The van der Waals surface area contributed by atoms with Gasteiger partial charge in [-0.2, -0.15) is 0 Å². The van der Waals surface area contributed by atoms with Crippen LogP contribution in [0.5, 0.6) is 0 Å². The molecule has 0 amide bonds. The number of rotatable bonds is 9. The molecule has 0 aliphatic heterocycles. The van der Waals surface area contributed by atoms with E-state index >= 15 is 0 Å². The van der Waals surface area contributed by atoms with Gasteiger partial charge in [0.2, 0.25) is 10.0 Å². The molecule has 0 radical (unpaired) electrons. The van der Waals surface area contributed by atoms with E-state index in [1.54, 1.807) is 7.11 Å². The van der Waals surface area contributed by atoms with Crippen LogP contribution in [0.15, 0.2) is 14.1 Å². The van der Waals surface area contributed by atoms with Crippen molar-refractivity contribution in [3.63, 3.8) is 0 Å². The fourth-order valence-corrected chi connectivity index (χ4v) is 4.67. The molecule has 0 saturated carbocycles. The van der Waals surface area contributed by atoms with Crippen molar-refractivity contribution in [3.05, 3.63) is 14.9 Å². The van der Waals surface area contributed by atoms with E-state index in [1.165, 1.54) is 6.07 Å². The fraction of sp³-hybridized carbons (Fsp3) is 0.600. The van der Waals surface area contributed by atoms with Crippen LogP contribution in [0.3, 0.4) is 0 Å². The number of sulfonamides is 1. The summed E-state index contributed by atoms with van der Waals surface area (Å²) in [5, 5.41) is 0.397. The molecule has 0 aliphatic rings. The first-order valence-corrected chi connectivity index (χ1v) is 8.95. The first kappa shape index (κ1) is 17.4. The van der Waals surface area contributed by atoms with E-state index in [4.69, 9.17) is 21.1 Å². The highest BCUT2D eigenvalue weighted by Gasteiger charge is 2.18. The number of nitrogens with one attached hydrogen (secondary N) is 1. The summed E-state index contributed by atoms with van der Waals surface area (Å²) < 4.78 is 37.1. The number of hydrogen-bond donors (Lipinski definition) is 1. The van der Waals surface area contributed by atoms with Gasteiger partial charge in [-0.05, 0) is 28.4 Å². The van der Waals surface area contributed by atoms with E-state index in [1.807, 2.05) is 0 Å². The third-order valence-corrected chi connectivity index (χ3v) is 6.49. The molecular weight excluding hydrogens is 378 g/mol. The highest BCUT2D eigenvalue weighted by Crippen LogP contribution is 2.34. The molecule has 19 heavy (non-hydrogen) atoms. The average molecular weight is 393 g/mol. The Hall–Kier alpha value is 0.300. The van der Waals surface area contributed by atoms with Crippen molar-refractivity contribution in [3.8, 4) is 0 Å². The molecular formula is C10H15BrClNO4S2. The van der Waals surface area contributed by atoms with Crippen molar-refractivity contribution in [2.45, 2.75) is 10.6 Å². The summed E-state index contributed by atoms with van der Waals surface area (Å²) >= 11 is 10.1. The van der Waals surface area contributed by atoms with Crippen LogP contribution in [0, 0.1) is 0 Å². The van der Waals surface area contributed by atoms with Crippen molar-refractivity contribution in [2.24, 2.45) is 0 Å². The zero-order valence-corrected chi connectivity index (χ0v) is 14.3. The Kier molecular flexibility index (Phi) is 7.81. The van der Waals surface area contributed by atoms with Crippen LogP contribution in [0.2, 0.25) is 5.02 Å². The second kappa shape index (κ2) is 8.56. The lowest BCUT2D eigenvalue weighted by Crippen LogP contribution is -2.25. The number of ether oxygens (including phenoxy) is 2. The molecule has 0 atom stereocenters. The van der Waals surface area contributed by atoms with Gasteiger partial charge in [0.1, 0.15) is 4.21 Å². The summed E-state index contributed by atoms with van der Waals surface area (Å²) in [5.41, 5.74) is 0. The van der Waals surface area contributed by atoms with Crippen LogP contribution in [-0.2, 0) is 19.5 Å². The molecule has 0 aromatic carbocycles. The molecule has 9 heteroatoms. The van der Waals surface area contributed by atoms with E-state index in [2.05, 4.69) is 20.7 Å². The maximum Gasteiger partial charge on any atom is 0.250 e. The van der Waals surface area contributed by atoms with E-state index in [0.717, 1.165) is 11.3 Å². The Morgan fingerprint density at radius 2 is 2.16 bits per heavy atom. The lowest BCUT2D eigenvalue weighted by molar-refractivity contribution is 0.0699. The van der Waals surface area contributed by atoms with Crippen molar-refractivity contribution >= 4 is 48.9 Å². The summed E-state index contributed by atoms with van der Waals surface area (Å²) in [5.74, 6) is 0. The van der Waals surface area contributed by atoms with Crippen LogP contribution < -0.4 is 4.72 Å². The van der Waals surface area contributed by atoms with Gasteiger partial charge in [0.05, 0.1) is 22.0 Å². The Morgan fingerprint density at radius 1 is 1.42 bits per heavy atom. The molecule has 0 unspecified atom stereocenters. The molecule has 1 rings (SSSR count). The summed E-state index contributed by atoms with van der Waals surface area (Å²) in [6, 6.07) is 1.42. The van der Waals surface area contributed by atoms with Crippen LogP contribution in [0.4, 0.5) is 0 Å². The van der Waals surface area contributed by atoms with Gasteiger partial charge in [-0.3, -0.25) is 0 Å². The fourth-order valence-electron chi connectivity index (χ4n) is 1.16. The quantitative estimate of drug-likeness (QED) is 0.656. The molecule has 0 spiro atoms. The lowest BCUT2D eigenvalue weighted by Gasteiger charge is -2.05. The largest absolute Gasteiger partial charge is 0.382 e. The van der Waals surface area contributed by atoms with Gasteiger partial charge in [0.15, 0.2) is 0 Å². The monoisotopic (exact) mass is 391 g/mol. The first-order valence-electron chi connectivity index (χ1n) is 5.48. The Labute approximate surface area is 130 Å². The van der Waals surface area contributed by atoms with Crippen LogP contribution in [0.1, 0.15) is 6.42 Å². The van der Waals surface area contributed by atoms with Gasteiger partial charge in [-0.1, -0.05) is 11.6 Å². The van der Waals surface area contributed by atoms with Gasteiger partial charge in [-0.25, -0.2) is 13.1 Å². The molecule has 1 aromatic heterocycles. The lowest BCUT2D eigenvalue weighted by atomic mass is 10.5. The predicted molar refractivity (Wildman–Crippen MR) is 79.5 cm³/mol. The van der Waals surface area contributed by atoms with Gasteiger partial charge < -0.3 is 9.47 Å². The second-order valence-corrected chi connectivity index (χ2v) is 8.31. The second-order valence-electron chi connectivity index (χ2n) is 3.54. The van der Waals surface area contributed by atoms with Crippen LogP contribution in [0.25, 0.3) is 0 Å². The zero-order chi connectivity index (χ0) is 14.3. The SMILES string of the molecule is COCCOCCCNS(=O)(=O)c1cc(Cl)c(Br)s1. The van der Waals surface area contributed by atoms with Gasteiger partial charge in [-0.15, -0.1) is 11.3 Å². The molecule has 1 aromatic rings. The minimum Gasteiger partial charge on any atom is -0.382 e. The predicted octanol–water partition coefficient (Wildman–Crippen LogP) is 2.50. The molecule has 1 heterocycles. The van der Waals surface area contributed by atoms with Gasteiger partial charge >= 0.3 is 0 Å². The third-order valence-electron chi connectivity index (χ3n) is 2.08. The van der Waals surface area contributed by atoms with Crippen LogP contribution >= 0.6 is 38.9 Å². The molecule has 0 saturated heterocycles. The minimum absolute atomic E-state index is 0.199. The summed E-state index contributed by atoms with van der Waals surface area (Å²) in [7, 11) is -1.89. The highest BCUT2D eigenvalue weighted by atomic mass is 79.9. The molecule has 0 fully saturated rings. The Balaban J connectivity index is 2.32. The molecule has 5 nitrogen and oxygen atoms in total. The Bertz CT molecular complexity index is 472. The summed E-state index contributed by atoms with van der Waals surface area (Å²) in [4.78, 5) is 0. The number of methoxy groups -OCH3 is 1. The van der Waals surface area contributed by atoms with Crippen molar-refractivity contribution in [2.75, 3.05) is 33.5 Å². The van der Waals surface area contributed by atoms with E-state index in [9.17, 15) is 8.42 Å². The number of halogens is 2. The van der Waals surface area contributed by atoms with Gasteiger partial charge in [0.25, 0.3) is 0 Å². The van der Waals surface area contributed by atoms with Gasteiger partial charge in [0, 0.05) is 20.3 Å². The van der Waals surface area contributed by atoms with E-state index in [0.29, 0.717) is 41.6 Å². The van der Waals surface area contributed by atoms with Crippen LogP contribution in [-0.4, -0.2) is 41.9 Å². The molecule has 0 aliphatic carbocycles. The van der Waals surface area contributed by atoms with Crippen molar-refractivity contribution in [1.29, 1.82) is 0 Å². The normalized spacial score (nSPS) is 11.9. The third kappa shape index (κ3) is 6.07. The molecule has 110 valence electrons. The van der Waals surface area contributed by atoms with Crippen molar-refractivity contribution in [1.82, 2.24) is 4.72 Å². The number of thiophene rings is 1. The molecule has 0 bridgehead atoms. The Morgan fingerprint density at radius 3 is 2.74 bits per heavy atom. The van der Waals surface area contributed by atoms with E-state index < -0.39 is 10.0 Å². The summed E-state index contributed by atoms with van der Waals surface area (Å²) in [6.45, 7) is 1.85.